The molecule has 3 N–H and O–H groups in total. The van der Waals surface area contributed by atoms with Crippen molar-refractivity contribution in [2.45, 2.75) is 13.8 Å². The molecule has 2 heterocycles. The van der Waals surface area contributed by atoms with E-state index in [1.807, 2.05) is 48.5 Å². The molecule has 5 nitrogen and oxygen atoms in total. The number of carboxylic acids is 1. The molecule has 0 unspecified atom stereocenters. The lowest BCUT2D eigenvalue weighted by atomic mass is 9.99. The third kappa shape index (κ3) is 2.83. The lowest BCUT2D eigenvalue weighted by Crippen LogP contribution is -2.03. The summed E-state index contributed by atoms with van der Waals surface area (Å²) in [7, 11) is 0. The summed E-state index contributed by atoms with van der Waals surface area (Å²) >= 11 is 0. The quantitative estimate of drug-likeness (QED) is 0.603. The van der Waals surface area contributed by atoms with E-state index < -0.39 is 5.97 Å². The van der Waals surface area contributed by atoms with Crippen LogP contribution in [0.4, 0.5) is 5.69 Å². The first-order chi connectivity index (χ1) is 13.0. The summed E-state index contributed by atoms with van der Waals surface area (Å²) in [6.45, 7) is 3.46. The second-order valence-corrected chi connectivity index (χ2v) is 6.61. The molecule has 4 rings (SSSR count). The van der Waals surface area contributed by atoms with E-state index in [4.69, 9.17) is 0 Å². The molecule has 1 aliphatic heterocycles. The van der Waals surface area contributed by atoms with E-state index in [9.17, 15) is 14.7 Å². The topological polar surface area (TPSA) is 82.2 Å². The number of fused-ring (bicyclic) bond motifs is 1. The van der Waals surface area contributed by atoms with Gasteiger partial charge >= 0.3 is 5.97 Å². The first-order valence-corrected chi connectivity index (χ1v) is 8.61. The van der Waals surface area contributed by atoms with Crippen molar-refractivity contribution in [3.8, 4) is 11.1 Å². The van der Waals surface area contributed by atoms with Gasteiger partial charge in [-0.2, -0.15) is 0 Å². The molecule has 1 aromatic heterocycles. The molecule has 5 heteroatoms. The number of hydrogen-bond donors (Lipinski definition) is 3. The molecule has 3 aromatic rings. The number of aromatic carboxylic acids is 1. The van der Waals surface area contributed by atoms with Crippen LogP contribution in [0.15, 0.2) is 48.5 Å². The maximum Gasteiger partial charge on any atom is 0.337 e. The van der Waals surface area contributed by atoms with E-state index in [2.05, 4.69) is 10.3 Å². The molecule has 27 heavy (non-hydrogen) atoms. The molecule has 134 valence electrons. The van der Waals surface area contributed by atoms with Crippen molar-refractivity contribution in [3.63, 3.8) is 0 Å². The van der Waals surface area contributed by atoms with E-state index in [1.165, 1.54) is 0 Å². The van der Waals surface area contributed by atoms with Crippen LogP contribution in [-0.4, -0.2) is 22.0 Å². The van der Waals surface area contributed by atoms with Crippen LogP contribution >= 0.6 is 0 Å². The molecule has 1 amide bonds. The van der Waals surface area contributed by atoms with E-state index >= 15 is 0 Å². The molecule has 2 aromatic carbocycles. The van der Waals surface area contributed by atoms with Gasteiger partial charge < -0.3 is 15.4 Å². The van der Waals surface area contributed by atoms with Gasteiger partial charge in [0.25, 0.3) is 5.91 Å². The number of hydrogen-bond acceptors (Lipinski definition) is 2. The number of aromatic amines is 1. The van der Waals surface area contributed by atoms with E-state index in [-0.39, 0.29) is 11.5 Å². The Balaban J connectivity index is 1.78. The van der Waals surface area contributed by atoms with Gasteiger partial charge in [0.15, 0.2) is 0 Å². The Morgan fingerprint density at radius 1 is 1.04 bits per heavy atom. The van der Waals surface area contributed by atoms with Crippen LogP contribution in [0, 0.1) is 13.8 Å². The second-order valence-electron chi connectivity index (χ2n) is 6.61. The van der Waals surface area contributed by atoms with Gasteiger partial charge in [0.05, 0.1) is 11.1 Å². The minimum absolute atomic E-state index is 0.196. The molecule has 0 saturated heterocycles. The molecule has 1 aliphatic rings. The van der Waals surface area contributed by atoms with Crippen LogP contribution < -0.4 is 5.32 Å². The van der Waals surface area contributed by atoms with E-state index in [1.54, 1.807) is 19.9 Å². The van der Waals surface area contributed by atoms with Crippen LogP contribution in [0.2, 0.25) is 0 Å². The Labute approximate surface area is 156 Å². The minimum atomic E-state index is -0.977. The fraction of sp³-hybridized carbons (Fsp3) is 0.0909. The highest BCUT2D eigenvalue weighted by atomic mass is 16.4. The molecule has 0 aliphatic carbocycles. The average Bonchev–Trinajstić information content (AvgIpc) is 3.11. The Hall–Kier alpha value is -3.60. The van der Waals surface area contributed by atoms with Crippen molar-refractivity contribution in [2.24, 2.45) is 0 Å². The summed E-state index contributed by atoms with van der Waals surface area (Å²) in [5.41, 5.74) is 6.26. The van der Waals surface area contributed by atoms with Gasteiger partial charge in [0, 0.05) is 22.6 Å². The molecule has 0 saturated carbocycles. The molecule has 0 radical (unpaired) electrons. The van der Waals surface area contributed by atoms with Gasteiger partial charge in [-0.05, 0) is 42.7 Å². The maximum absolute atomic E-state index is 12.5. The molecule has 0 atom stereocenters. The monoisotopic (exact) mass is 358 g/mol. The predicted molar refractivity (Wildman–Crippen MR) is 106 cm³/mol. The number of amides is 1. The fourth-order valence-electron chi connectivity index (χ4n) is 3.53. The number of carbonyl (C=O) groups is 2. The predicted octanol–water partition coefficient (Wildman–Crippen LogP) is 4.49. The Morgan fingerprint density at radius 3 is 2.44 bits per heavy atom. The van der Waals surface area contributed by atoms with Crippen LogP contribution in [0.25, 0.3) is 22.8 Å². The standard InChI is InChI=1S/C22H18N2O3/c1-12-18(23-13(2)20(12)22(26)27)11-17-16-9-8-15(10-19(16)24-21(17)25)14-6-4-3-5-7-14/h3-11,23H,1-2H3,(H,24,25)(H,26,27)/b17-11-. The highest BCUT2D eigenvalue weighted by molar-refractivity contribution is 6.35. The van der Waals surface area contributed by atoms with Gasteiger partial charge in [0.2, 0.25) is 0 Å². The van der Waals surface area contributed by atoms with Crippen molar-refractivity contribution in [1.82, 2.24) is 4.98 Å². The average molecular weight is 358 g/mol. The zero-order valence-corrected chi connectivity index (χ0v) is 15.0. The first kappa shape index (κ1) is 16.8. The third-order valence-electron chi connectivity index (χ3n) is 4.89. The van der Waals surface area contributed by atoms with Gasteiger partial charge in [0.1, 0.15) is 0 Å². The van der Waals surface area contributed by atoms with Gasteiger partial charge in [-0.1, -0.05) is 42.5 Å². The Morgan fingerprint density at radius 2 is 1.78 bits per heavy atom. The van der Waals surface area contributed by atoms with E-state index in [0.717, 1.165) is 22.4 Å². The molecule has 0 fully saturated rings. The van der Waals surface area contributed by atoms with Gasteiger partial charge in [-0.3, -0.25) is 4.79 Å². The number of nitrogens with one attached hydrogen (secondary N) is 2. The van der Waals surface area contributed by atoms with Crippen LogP contribution in [0.5, 0.6) is 0 Å². The number of aryl methyl sites for hydroxylation is 1. The van der Waals surface area contributed by atoms with Gasteiger partial charge in [-0.25, -0.2) is 4.79 Å². The van der Waals surface area contributed by atoms with Crippen LogP contribution in [0.1, 0.15) is 32.9 Å². The lowest BCUT2D eigenvalue weighted by molar-refractivity contribution is -0.110. The number of aromatic nitrogens is 1. The summed E-state index contributed by atoms with van der Waals surface area (Å²) in [6, 6.07) is 15.8. The summed E-state index contributed by atoms with van der Waals surface area (Å²) in [4.78, 5) is 27.0. The summed E-state index contributed by atoms with van der Waals surface area (Å²) in [5, 5.41) is 12.3. The van der Waals surface area contributed by atoms with Crippen molar-refractivity contribution in [1.29, 1.82) is 0 Å². The highest BCUT2D eigenvalue weighted by Crippen LogP contribution is 2.36. The smallest absolute Gasteiger partial charge is 0.337 e. The van der Waals surface area contributed by atoms with Crippen LogP contribution in [0.3, 0.4) is 0 Å². The largest absolute Gasteiger partial charge is 0.478 e. The molecular formula is C22H18N2O3. The van der Waals surface area contributed by atoms with Crippen molar-refractivity contribution < 1.29 is 14.7 Å². The summed E-state index contributed by atoms with van der Waals surface area (Å²) < 4.78 is 0. The second kappa shape index (κ2) is 6.29. The number of carbonyl (C=O) groups excluding carboxylic acids is 1. The molecule has 0 spiro atoms. The van der Waals surface area contributed by atoms with Crippen molar-refractivity contribution in [2.75, 3.05) is 5.32 Å². The molecular weight excluding hydrogens is 340 g/mol. The molecule has 0 bridgehead atoms. The van der Waals surface area contributed by atoms with Crippen molar-refractivity contribution >= 4 is 29.2 Å². The maximum atomic E-state index is 12.5. The number of benzene rings is 2. The summed E-state index contributed by atoms with van der Waals surface area (Å²) in [5.74, 6) is -1.17. The SMILES string of the molecule is Cc1[nH]c(/C=C2\C(=O)Nc3cc(-c4ccccc4)ccc32)c(C)c1C(=O)O. The highest BCUT2D eigenvalue weighted by Gasteiger charge is 2.26. The van der Waals surface area contributed by atoms with Crippen molar-refractivity contribution in [3.05, 3.63) is 76.6 Å². The first-order valence-electron chi connectivity index (χ1n) is 8.61. The zero-order chi connectivity index (χ0) is 19.1. The number of rotatable bonds is 3. The number of carboxylic acid groups (broad SMARTS) is 1. The Kier molecular flexibility index (Phi) is 3.92. The number of anilines is 1. The van der Waals surface area contributed by atoms with Gasteiger partial charge in [-0.15, -0.1) is 0 Å². The lowest BCUT2D eigenvalue weighted by Gasteiger charge is -2.04. The summed E-state index contributed by atoms with van der Waals surface area (Å²) in [6.07, 6.45) is 1.72. The third-order valence-corrected chi connectivity index (χ3v) is 4.89. The Bertz CT molecular complexity index is 1110. The fourth-order valence-corrected chi connectivity index (χ4v) is 3.53. The van der Waals surface area contributed by atoms with E-state index in [0.29, 0.717) is 22.5 Å². The van der Waals surface area contributed by atoms with Crippen LogP contribution in [-0.2, 0) is 4.79 Å². The zero-order valence-electron chi connectivity index (χ0n) is 15.0. The minimum Gasteiger partial charge on any atom is -0.478 e. The number of H-pyrrole nitrogens is 1. The normalized spacial score (nSPS) is 14.3.